The smallest absolute Gasteiger partial charge is 0.0406 e. The van der Waals surface area contributed by atoms with Gasteiger partial charge in [-0.15, -0.1) is 0 Å². The first kappa shape index (κ1) is 20.5. The summed E-state index contributed by atoms with van der Waals surface area (Å²) in [7, 11) is 0. The molecule has 3 atom stereocenters. The molecule has 30 heavy (non-hydrogen) atoms. The number of fused-ring (bicyclic) bond motifs is 3. The highest BCUT2D eigenvalue weighted by atomic mass is 35.5. The predicted molar refractivity (Wildman–Crippen MR) is 126 cm³/mol. The Morgan fingerprint density at radius 2 is 1.57 bits per heavy atom. The molecule has 0 amide bonds. The van der Waals surface area contributed by atoms with Gasteiger partial charge >= 0.3 is 0 Å². The molecule has 2 nitrogen and oxygen atoms in total. The van der Waals surface area contributed by atoms with E-state index in [-0.39, 0.29) is 0 Å². The highest BCUT2D eigenvalue weighted by Crippen LogP contribution is 2.40. The molecule has 0 saturated carbocycles. The van der Waals surface area contributed by atoms with Crippen LogP contribution in [-0.2, 0) is 19.4 Å². The molecule has 2 bridgehead atoms. The topological polar surface area (TPSA) is 6.48 Å². The Bertz CT molecular complexity index is 809. The molecule has 1 unspecified atom stereocenters. The minimum atomic E-state index is 0.715. The van der Waals surface area contributed by atoms with Gasteiger partial charge in [-0.25, -0.2) is 0 Å². The van der Waals surface area contributed by atoms with Crippen molar-refractivity contribution < 1.29 is 0 Å². The van der Waals surface area contributed by atoms with Crippen molar-refractivity contribution in [3.8, 4) is 0 Å². The molecule has 0 N–H and O–H groups in total. The second kappa shape index (κ2) is 9.02. The van der Waals surface area contributed by atoms with Gasteiger partial charge in [0.15, 0.2) is 0 Å². The monoisotopic (exact) mass is 422 g/mol. The van der Waals surface area contributed by atoms with Crippen molar-refractivity contribution in [2.24, 2.45) is 5.92 Å². The highest BCUT2D eigenvalue weighted by molar-refractivity contribution is 6.30. The number of hydrogen-bond donors (Lipinski definition) is 0. The molecule has 3 aliphatic rings. The van der Waals surface area contributed by atoms with Crippen LogP contribution >= 0.6 is 11.6 Å². The number of benzene rings is 2. The molecule has 2 heterocycles. The van der Waals surface area contributed by atoms with Crippen molar-refractivity contribution in [2.75, 3.05) is 13.1 Å². The number of halogens is 1. The minimum absolute atomic E-state index is 0.715. The molecule has 0 aromatic heterocycles. The first-order chi connectivity index (χ1) is 14.7. The van der Waals surface area contributed by atoms with Gasteiger partial charge < -0.3 is 0 Å². The lowest BCUT2D eigenvalue weighted by atomic mass is 9.89. The van der Waals surface area contributed by atoms with Gasteiger partial charge in [-0.1, -0.05) is 54.9 Å². The molecular weight excluding hydrogens is 388 g/mol. The molecule has 0 spiro atoms. The van der Waals surface area contributed by atoms with Gasteiger partial charge in [0, 0.05) is 36.2 Å². The molecular formula is C27H35ClN2. The van der Waals surface area contributed by atoms with E-state index in [0.717, 1.165) is 29.6 Å². The van der Waals surface area contributed by atoms with Crippen molar-refractivity contribution in [1.29, 1.82) is 0 Å². The summed E-state index contributed by atoms with van der Waals surface area (Å²) in [5.74, 6) is 0.860. The standard InChI is InChI=1S/C27H35ClN2/c1-2-13-29(27-16-22-5-3-4-6-23(22)17-27)18-21-14-25-11-12-26(15-21)30(25)19-20-7-9-24(28)10-8-20/h3-10,21,25-27H,2,11-19H2,1H3/t21?,25-,26+. The maximum Gasteiger partial charge on any atom is 0.0406 e. The van der Waals surface area contributed by atoms with Crippen LogP contribution in [0, 0.1) is 5.92 Å². The third-order valence-electron chi connectivity index (χ3n) is 7.81. The van der Waals surface area contributed by atoms with Crippen molar-refractivity contribution >= 4 is 11.6 Å². The predicted octanol–water partition coefficient (Wildman–Crippen LogP) is 5.96. The van der Waals surface area contributed by atoms with E-state index in [0.29, 0.717) is 6.04 Å². The van der Waals surface area contributed by atoms with Gasteiger partial charge in [0.05, 0.1) is 0 Å². The summed E-state index contributed by atoms with van der Waals surface area (Å²) in [5, 5.41) is 0.838. The quantitative estimate of drug-likeness (QED) is 0.542. The van der Waals surface area contributed by atoms with E-state index < -0.39 is 0 Å². The Labute approximate surface area is 187 Å². The zero-order valence-corrected chi connectivity index (χ0v) is 19.0. The highest BCUT2D eigenvalue weighted by Gasteiger charge is 2.41. The second-order valence-corrected chi connectivity index (χ2v) is 10.3. The van der Waals surface area contributed by atoms with E-state index in [9.17, 15) is 0 Å². The van der Waals surface area contributed by atoms with Crippen LogP contribution in [0.4, 0.5) is 0 Å². The van der Waals surface area contributed by atoms with E-state index in [4.69, 9.17) is 11.6 Å². The van der Waals surface area contributed by atoms with Gasteiger partial charge in [0.25, 0.3) is 0 Å². The maximum atomic E-state index is 6.08. The molecule has 1 aliphatic carbocycles. The molecule has 2 aliphatic heterocycles. The lowest BCUT2D eigenvalue weighted by Crippen LogP contribution is -2.47. The maximum absolute atomic E-state index is 6.08. The van der Waals surface area contributed by atoms with E-state index >= 15 is 0 Å². The molecule has 0 radical (unpaired) electrons. The summed E-state index contributed by atoms with van der Waals surface area (Å²) in [4.78, 5) is 5.65. The van der Waals surface area contributed by atoms with Gasteiger partial charge in [0.1, 0.15) is 0 Å². The molecule has 2 aromatic carbocycles. The summed E-state index contributed by atoms with van der Waals surface area (Å²) >= 11 is 6.08. The van der Waals surface area contributed by atoms with Crippen LogP contribution < -0.4 is 0 Å². The van der Waals surface area contributed by atoms with Gasteiger partial charge in [-0.2, -0.15) is 0 Å². The number of piperidine rings is 1. The Morgan fingerprint density at radius 1 is 0.933 bits per heavy atom. The zero-order valence-electron chi connectivity index (χ0n) is 18.3. The van der Waals surface area contributed by atoms with Crippen LogP contribution in [-0.4, -0.2) is 41.0 Å². The zero-order chi connectivity index (χ0) is 20.5. The third-order valence-corrected chi connectivity index (χ3v) is 8.06. The Morgan fingerprint density at radius 3 is 2.17 bits per heavy atom. The van der Waals surface area contributed by atoms with Gasteiger partial charge in [-0.05, 0) is 86.2 Å². The van der Waals surface area contributed by atoms with Crippen LogP contribution in [0.1, 0.15) is 55.7 Å². The fourth-order valence-electron chi connectivity index (χ4n) is 6.43. The average molecular weight is 423 g/mol. The lowest BCUT2D eigenvalue weighted by Gasteiger charge is -2.41. The summed E-state index contributed by atoms with van der Waals surface area (Å²) in [6, 6.07) is 19.8. The molecule has 2 fully saturated rings. The summed E-state index contributed by atoms with van der Waals surface area (Å²) in [6.45, 7) is 5.98. The normalized spacial score (nSPS) is 26.4. The van der Waals surface area contributed by atoms with E-state index in [1.165, 1.54) is 63.6 Å². The first-order valence-corrected chi connectivity index (χ1v) is 12.4. The van der Waals surface area contributed by atoms with Crippen molar-refractivity contribution in [1.82, 2.24) is 9.80 Å². The Kier molecular flexibility index (Phi) is 6.18. The van der Waals surface area contributed by atoms with Crippen molar-refractivity contribution in [3.63, 3.8) is 0 Å². The Hall–Kier alpha value is -1.35. The number of rotatable bonds is 7. The molecule has 5 rings (SSSR count). The van der Waals surface area contributed by atoms with E-state index in [2.05, 4.69) is 53.1 Å². The van der Waals surface area contributed by atoms with Crippen molar-refractivity contribution in [2.45, 2.75) is 76.5 Å². The molecule has 160 valence electrons. The second-order valence-electron chi connectivity index (χ2n) is 9.85. The molecule has 2 saturated heterocycles. The largest absolute Gasteiger partial charge is 0.299 e. The fourth-order valence-corrected chi connectivity index (χ4v) is 6.56. The van der Waals surface area contributed by atoms with E-state index in [1.807, 2.05) is 12.1 Å². The SMILES string of the molecule is CCCN(CC1C[C@H]2CC[C@@H](C1)N2Cc1ccc(Cl)cc1)C1Cc2ccccc2C1. The van der Waals surface area contributed by atoms with Crippen LogP contribution in [0.15, 0.2) is 48.5 Å². The van der Waals surface area contributed by atoms with Crippen LogP contribution in [0.5, 0.6) is 0 Å². The van der Waals surface area contributed by atoms with Crippen LogP contribution in [0.2, 0.25) is 5.02 Å². The van der Waals surface area contributed by atoms with Gasteiger partial charge in [-0.3, -0.25) is 9.80 Å². The lowest BCUT2D eigenvalue weighted by molar-refractivity contribution is 0.0670. The fraction of sp³-hybridized carbons (Fsp3) is 0.556. The van der Waals surface area contributed by atoms with Crippen LogP contribution in [0.3, 0.4) is 0 Å². The Balaban J connectivity index is 1.21. The summed E-state index contributed by atoms with van der Waals surface area (Å²) in [5.41, 5.74) is 4.58. The number of hydrogen-bond acceptors (Lipinski definition) is 2. The van der Waals surface area contributed by atoms with Gasteiger partial charge in [0.2, 0.25) is 0 Å². The van der Waals surface area contributed by atoms with Crippen molar-refractivity contribution in [3.05, 3.63) is 70.2 Å². The first-order valence-electron chi connectivity index (χ1n) is 12.0. The molecule has 3 heteroatoms. The summed E-state index contributed by atoms with van der Waals surface area (Å²) in [6.07, 6.45) is 9.29. The molecule has 2 aromatic rings. The van der Waals surface area contributed by atoms with Crippen LogP contribution in [0.25, 0.3) is 0 Å². The third kappa shape index (κ3) is 4.33. The minimum Gasteiger partial charge on any atom is -0.299 e. The summed E-state index contributed by atoms with van der Waals surface area (Å²) < 4.78 is 0. The van der Waals surface area contributed by atoms with E-state index in [1.54, 1.807) is 11.1 Å². The average Bonchev–Trinajstić information content (AvgIpc) is 3.27. The number of nitrogens with zero attached hydrogens (tertiary/aromatic N) is 2.